The van der Waals surface area contributed by atoms with Crippen molar-refractivity contribution < 1.29 is 13.6 Å². The highest BCUT2D eigenvalue weighted by Crippen LogP contribution is 2.36. The topological polar surface area (TPSA) is 20.3 Å². The predicted molar refractivity (Wildman–Crippen MR) is 77.6 cm³/mol. The van der Waals surface area contributed by atoms with Crippen LogP contribution in [0.25, 0.3) is 0 Å². The fourth-order valence-electron chi connectivity index (χ4n) is 2.54. The molecule has 0 bridgehead atoms. The van der Waals surface area contributed by atoms with E-state index in [1.807, 2.05) is 0 Å². The molecule has 0 saturated heterocycles. The first-order valence-corrected chi connectivity index (χ1v) is 6.90. The van der Waals surface area contributed by atoms with E-state index in [1.165, 1.54) is 12.1 Å². The molecule has 1 unspecified atom stereocenters. The molecular weight excluding hydrogens is 296 g/mol. The van der Waals surface area contributed by atoms with Crippen LogP contribution in [-0.4, -0.2) is 13.0 Å². The predicted octanol–water partition coefficient (Wildman–Crippen LogP) is 3.81. The maximum absolute atomic E-state index is 13.8. The van der Waals surface area contributed by atoms with Crippen molar-refractivity contribution in [2.45, 2.75) is 11.8 Å². The lowest BCUT2D eigenvalue weighted by molar-refractivity contribution is -0.117. The Balaban J connectivity index is 2.00. The Hall–Kier alpha value is -1.94. The van der Waals surface area contributed by atoms with E-state index >= 15 is 0 Å². The number of amides is 1. The Labute approximate surface area is 125 Å². The number of likely N-dealkylation sites (N-methyl/N-ethyl adjacent to an activating group) is 1. The summed E-state index contributed by atoms with van der Waals surface area (Å²) < 4.78 is 27.1. The van der Waals surface area contributed by atoms with Gasteiger partial charge in [-0.15, -0.1) is 11.6 Å². The minimum Gasteiger partial charge on any atom is -0.315 e. The summed E-state index contributed by atoms with van der Waals surface area (Å²) >= 11 is 6.28. The number of anilines is 1. The van der Waals surface area contributed by atoms with E-state index in [2.05, 4.69) is 0 Å². The smallest absolute Gasteiger partial charge is 0.231 e. The van der Waals surface area contributed by atoms with E-state index in [0.717, 1.165) is 17.3 Å². The summed E-state index contributed by atoms with van der Waals surface area (Å²) in [7, 11) is 1.71. The van der Waals surface area contributed by atoms with Crippen LogP contribution in [0, 0.1) is 11.6 Å². The quantitative estimate of drug-likeness (QED) is 0.773. The van der Waals surface area contributed by atoms with Crippen LogP contribution < -0.4 is 4.90 Å². The van der Waals surface area contributed by atoms with Gasteiger partial charge in [0.25, 0.3) is 0 Å². The Kier molecular flexibility index (Phi) is 3.41. The van der Waals surface area contributed by atoms with Crippen LogP contribution in [0.2, 0.25) is 0 Å². The SMILES string of the molecule is CN1C(=O)Cc2cc(C(Cl)c3cccc(F)c3F)ccc21. The van der Waals surface area contributed by atoms with Crippen LogP contribution in [0.3, 0.4) is 0 Å². The number of carbonyl (C=O) groups excluding carboxylic acids is 1. The van der Waals surface area contributed by atoms with Gasteiger partial charge in [-0.05, 0) is 23.3 Å². The van der Waals surface area contributed by atoms with Crippen molar-refractivity contribution in [2.75, 3.05) is 11.9 Å². The maximum atomic E-state index is 13.8. The highest BCUT2D eigenvalue weighted by atomic mass is 35.5. The molecule has 0 radical (unpaired) electrons. The molecule has 0 aromatic heterocycles. The van der Waals surface area contributed by atoms with Crippen molar-refractivity contribution in [2.24, 2.45) is 0 Å². The van der Waals surface area contributed by atoms with Gasteiger partial charge < -0.3 is 4.90 Å². The number of halogens is 3. The molecule has 108 valence electrons. The van der Waals surface area contributed by atoms with Gasteiger partial charge in [0, 0.05) is 18.3 Å². The number of hydrogen-bond donors (Lipinski definition) is 0. The third kappa shape index (κ3) is 2.29. The summed E-state index contributed by atoms with van der Waals surface area (Å²) in [4.78, 5) is 13.2. The lowest BCUT2D eigenvalue weighted by Crippen LogP contribution is -2.20. The molecule has 2 aromatic carbocycles. The summed E-state index contributed by atoms with van der Waals surface area (Å²) in [5.41, 5.74) is 2.41. The zero-order valence-electron chi connectivity index (χ0n) is 11.2. The van der Waals surface area contributed by atoms with E-state index in [0.29, 0.717) is 12.0 Å². The highest BCUT2D eigenvalue weighted by molar-refractivity contribution is 6.22. The first kappa shape index (κ1) is 14.0. The molecule has 1 amide bonds. The van der Waals surface area contributed by atoms with Crippen LogP contribution in [-0.2, 0) is 11.2 Å². The Morgan fingerprint density at radius 3 is 2.76 bits per heavy atom. The lowest BCUT2D eigenvalue weighted by atomic mass is 10.0. The molecule has 1 heterocycles. The molecule has 0 aliphatic carbocycles. The van der Waals surface area contributed by atoms with Crippen molar-refractivity contribution in [3.8, 4) is 0 Å². The van der Waals surface area contributed by atoms with Crippen molar-refractivity contribution in [3.05, 3.63) is 64.7 Å². The average Bonchev–Trinajstić information content (AvgIpc) is 2.76. The van der Waals surface area contributed by atoms with Gasteiger partial charge >= 0.3 is 0 Å². The van der Waals surface area contributed by atoms with Crippen LogP contribution in [0.5, 0.6) is 0 Å². The van der Waals surface area contributed by atoms with Crippen LogP contribution in [0.15, 0.2) is 36.4 Å². The standard InChI is InChI=1S/C16H12ClF2NO/c1-20-13-6-5-9(7-10(13)8-14(20)21)15(17)11-3-2-4-12(18)16(11)19/h2-7,15H,8H2,1H3. The molecule has 5 heteroatoms. The highest BCUT2D eigenvalue weighted by Gasteiger charge is 2.26. The number of carbonyl (C=O) groups is 1. The summed E-state index contributed by atoms with van der Waals surface area (Å²) in [6.45, 7) is 0. The van der Waals surface area contributed by atoms with Gasteiger partial charge in [0.05, 0.1) is 11.8 Å². The van der Waals surface area contributed by atoms with Gasteiger partial charge in [0.2, 0.25) is 5.91 Å². The summed E-state index contributed by atoms with van der Waals surface area (Å²) in [5, 5.41) is -0.799. The second-order valence-electron chi connectivity index (χ2n) is 5.02. The Morgan fingerprint density at radius 1 is 1.24 bits per heavy atom. The van der Waals surface area contributed by atoms with Crippen LogP contribution >= 0.6 is 11.6 Å². The van der Waals surface area contributed by atoms with E-state index in [1.54, 1.807) is 30.1 Å². The van der Waals surface area contributed by atoms with Crippen molar-refractivity contribution in [1.29, 1.82) is 0 Å². The molecule has 1 atom stereocenters. The van der Waals surface area contributed by atoms with Gasteiger partial charge in [-0.3, -0.25) is 4.79 Å². The minimum atomic E-state index is -0.939. The van der Waals surface area contributed by atoms with Crippen molar-refractivity contribution in [3.63, 3.8) is 0 Å². The largest absolute Gasteiger partial charge is 0.315 e. The van der Waals surface area contributed by atoms with Gasteiger partial charge in [-0.1, -0.05) is 24.3 Å². The molecule has 1 aliphatic rings. The second-order valence-corrected chi connectivity index (χ2v) is 5.46. The van der Waals surface area contributed by atoms with Gasteiger partial charge in [0.1, 0.15) is 0 Å². The number of hydrogen-bond acceptors (Lipinski definition) is 1. The molecule has 2 nitrogen and oxygen atoms in total. The second kappa shape index (κ2) is 5.11. The number of rotatable bonds is 2. The van der Waals surface area contributed by atoms with E-state index in [4.69, 9.17) is 11.6 Å². The fraction of sp³-hybridized carbons (Fsp3) is 0.188. The molecule has 0 saturated carbocycles. The van der Waals surface area contributed by atoms with Crippen LogP contribution in [0.1, 0.15) is 22.1 Å². The van der Waals surface area contributed by atoms with E-state index < -0.39 is 17.0 Å². The molecule has 3 rings (SSSR count). The third-order valence-corrected chi connectivity index (χ3v) is 4.21. The molecule has 0 fully saturated rings. The fourth-order valence-corrected chi connectivity index (χ4v) is 2.85. The van der Waals surface area contributed by atoms with Gasteiger partial charge in [-0.2, -0.15) is 0 Å². The molecule has 0 N–H and O–H groups in total. The summed E-state index contributed by atoms with van der Waals surface area (Å²) in [6, 6.07) is 9.23. The number of nitrogens with zero attached hydrogens (tertiary/aromatic N) is 1. The first-order chi connectivity index (χ1) is 9.99. The van der Waals surface area contributed by atoms with Gasteiger partial charge in [-0.25, -0.2) is 8.78 Å². The van der Waals surface area contributed by atoms with E-state index in [-0.39, 0.29) is 11.5 Å². The molecule has 0 spiro atoms. The molecular formula is C16H12ClF2NO. The zero-order chi connectivity index (χ0) is 15.1. The van der Waals surface area contributed by atoms with Crippen molar-refractivity contribution in [1.82, 2.24) is 0 Å². The minimum absolute atomic E-state index is 0.00482. The van der Waals surface area contributed by atoms with Crippen molar-refractivity contribution >= 4 is 23.2 Å². The number of alkyl halides is 1. The van der Waals surface area contributed by atoms with Crippen LogP contribution in [0.4, 0.5) is 14.5 Å². The molecule has 1 aliphatic heterocycles. The number of fused-ring (bicyclic) bond motifs is 1. The zero-order valence-corrected chi connectivity index (χ0v) is 12.0. The van der Waals surface area contributed by atoms with Gasteiger partial charge in [0.15, 0.2) is 11.6 Å². The normalized spacial score (nSPS) is 15.2. The first-order valence-electron chi connectivity index (χ1n) is 6.46. The Bertz CT molecular complexity index is 732. The summed E-state index contributed by atoms with van der Waals surface area (Å²) in [5.74, 6) is -1.86. The molecule has 21 heavy (non-hydrogen) atoms. The summed E-state index contributed by atoms with van der Waals surface area (Å²) in [6.07, 6.45) is 0.301. The average molecular weight is 308 g/mol. The number of benzene rings is 2. The molecule has 2 aromatic rings. The van der Waals surface area contributed by atoms with E-state index in [9.17, 15) is 13.6 Å². The monoisotopic (exact) mass is 307 g/mol. The lowest BCUT2D eigenvalue weighted by Gasteiger charge is -2.14. The third-order valence-electron chi connectivity index (χ3n) is 3.73. The Morgan fingerprint density at radius 2 is 2.00 bits per heavy atom. The maximum Gasteiger partial charge on any atom is 0.231 e.